The number of rotatable bonds is 5. The van der Waals surface area contributed by atoms with Crippen molar-refractivity contribution >= 4 is 23.4 Å². The zero-order chi connectivity index (χ0) is 19.5. The molecule has 0 N–H and O–H groups in total. The molecular formula is C22H17ClFN3S. The monoisotopic (exact) mass is 409 g/mol. The van der Waals surface area contributed by atoms with Gasteiger partial charge in [0.25, 0.3) is 0 Å². The van der Waals surface area contributed by atoms with Crippen molar-refractivity contribution in [3.8, 4) is 17.1 Å². The predicted octanol–water partition coefficient (Wildman–Crippen LogP) is 6.33. The Morgan fingerprint density at radius 2 is 1.71 bits per heavy atom. The van der Waals surface area contributed by atoms with Crippen molar-refractivity contribution < 1.29 is 4.39 Å². The second-order valence-corrected chi connectivity index (χ2v) is 7.78. The van der Waals surface area contributed by atoms with Crippen molar-refractivity contribution in [3.05, 3.63) is 94.8 Å². The van der Waals surface area contributed by atoms with Gasteiger partial charge in [-0.25, -0.2) is 4.39 Å². The van der Waals surface area contributed by atoms with Crippen molar-refractivity contribution in [3.63, 3.8) is 0 Å². The maximum atomic E-state index is 13.1. The van der Waals surface area contributed by atoms with Gasteiger partial charge in [0.2, 0.25) is 0 Å². The second kappa shape index (κ2) is 8.17. The number of hydrogen-bond donors (Lipinski definition) is 0. The van der Waals surface area contributed by atoms with Gasteiger partial charge in [0.05, 0.1) is 0 Å². The van der Waals surface area contributed by atoms with Crippen LogP contribution in [0.15, 0.2) is 78.0 Å². The third-order valence-electron chi connectivity index (χ3n) is 4.28. The predicted molar refractivity (Wildman–Crippen MR) is 113 cm³/mol. The molecule has 0 aliphatic heterocycles. The van der Waals surface area contributed by atoms with Gasteiger partial charge in [0.1, 0.15) is 5.82 Å². The highest BCUT2D eigenvalue weighted by Crippen LogP contribution is 2.30. The summed E-state index contributed by atoms with van der Waals surface area (Å²) >= 11 is 7.60. The largest absolute Gasteiger partial charge is 0.270 e. The zero-order valence-electron chi connectivity index (χ0n) is 15.1. The lowest BCUT2D eigenvalue weighted by Crippen LogP contribution is -2.00. The SMILES string of the molecule is Cc1cccc(-n2c(SCc3ccc(F)cc3)nnc2-c2ccc(Cl)cc2)c1. The number of thioether (sulfide) groups is 1. The lowest BCUT2D eigenvalue weighted by atomic mass is 10.2. The van der Waals surface area contributed by atoms with E-state index in [-0.39, 0.29) is 5.82 Å². The Kier molecular flexibility index (Phi) is 5.46. The molecule has 4 rings (SSSR count). The van der Waals surface area contributed by atoms with Crippen LogP contribution in [0.3, 0.4) is 0 Å². The van der Waals surface area contributed by atoms with Crippen LogP contribution in [0.2, 0.25) is 5.02 Å². The Morgan fingerprint density at radius 1 is 0.964 bits per heavy atom. The third kappa shape index (κ3) is 4.11. The van der Waals surface area contributed by atoms with Crippen LogP contribution >= 0.6 is 23.4 Å². The van der Waals surface area contributed by atoms with Crippen LogP contribution in [0.1, 0.15) is 11.1 Å². The summed E-state index contributed by atoms with van der Waals surface area (Å²) in [6, 6.07) is 22.3. The maximum absolute atomic E-state index is 13.1. The van der Waals surface area contributed by atoms with Crippen molar-refractivity contribution in [1.29, 1.82) is 0 Å². The van der Waals surface area contributed by atoms with Gasteiger partial charge in [-0.05, 0) is 66.6 Å². The van der Waals surface area contributed by atoms with E-state index in [2.05, 4.69) is 29.3 Å². The van der Waals surface area contributed by atoms with E-state index in [0.717, 1.165) is 33.4 Å². The van der Waals surface area contributed by atoms with E-state index < -0.39 is 0 Å². The van der Waals surface area contributed by atoms with Crippen LogP contribution in [0.4, 0.5) is 4.39 Å². The van der Waals surface area contributed by atoms with Gasteiger partial charge in [-0.3, -0.25) is 4.57 Å². The first kappa shape index (κ1) is 18.7. The minimum Gasteiger partial charge on any atom is -0.270 e. The van der Waals surface area contributed by atoms with Gasteiger partial charge in [-0.1, -0.05) is 47.6 Å². The summed E-state index contributed by atoms with van der Waals surface area (Å²) < 4.78 is 15.2. The van der Waals surface area contributed by atoms with Crippen molar-refractivity contribution in [2.24, 2.45) is 0 Å². The van der Waals surface area contributed by atoms with Gasteiger partial charge in [0, 0.05) is 22.0 Å². The molecule has 3 aromatic carbocycles. The quantitative estimate of drug-likeness (QED) is 0.361. The van der Waals surface area contributed by atoms with E-state index in [4.69, 9.17) is 11.6 Å². The molecule has 0 saturated heterocycles. The number of aromatic nitrogens is 3. The highest BCUT2D eigenvalue weighted by Gasteiger charge is 2.16. The molecule has 0 amide bonds. The second-order valence-electron chi connectivity index (χ2n) is 6.40. The first-order chi connectivity index (χ1) is 13.6. The molecule has 0 bridgehead atoms. The summed E-state index contributed by atoms with van der Waals surface area (Å²) in [4.78, 5) is 0. The molecule has 0 saturated carbocycles. The van der Waals surface area contributed by atoms with Crippen LogP contribution < -0.4 is 0 Å². The van der Waals surface area contributed by atoms with Gasteiger partial charge in [-0.15, -0.1) is 10.2 Å². The van der Waals surface area contributed by atoms with Gasteiger partial charge in [-0.2, -0.15) is 0 Å². The molecular weight excluding hydrogens is 393 g/mol. The lowest BCUT2D eigenvalue weighted by Gasteiger charge is -2.11. The summed E-state index contributed by atoms with van der Waals surface area (Å²) in [6.45, 7) is 2.06. The summed E-state index contributed by atoms with van der Waals surface area (Å²) in [5, 5.41) is 10.3. The molecule has 1 aromatic heterocycles. The summed E-state index contributed by atoms with van der Waals surface area (Å²) in [5.74, 6) is 1.19. The van der Waals surface area contributed by atoms with Crippen LogP contribution in [0.25, 0.3) is 17.1 Å². The number of hydrogen-bond acceptors (Lipinski definition) is 3. The summed E-state index contributed by atoms with van der Waals surface area (Å²) in [5.41, 5.74) is 4.12. The number of nitrogens with zero attached hydrogens (tertiary/aromatic N) is 3. The Hall–Kier alpha value is -2.63. The van der Waals surface area contributed by atoms with E-state index >= 15 is 0 Å². The minimum atomic E-state index is -0.235. The van der Waals surface area contributed by atoms with Crippen LogP contribution in [0.5, 0.6) is 0 Å². The van der Waals surface area contributed by atoms with E-state index in [0.29, 0.717) is 10.8 Å². The smallest absolute Gasteiger partial charge is 0.196 e. The normalized spacial score (nSPS) is 11.0. The zero-order valence-corrected chi connectivity index (χ0v) is 16.7. The first-order valence-corrected chi connectivity index (χ1v) is 10.1. The van der Waals surface area contributed by atoms with E-state index in [1.165, 1.54) is 12.1 Å². The summed E-state index contributed by atoms with van der Waals surface area (Å²) in [6.07, 6.45) is 0. The molecule has 0 aliphatic carbocycles. The average Bonchev–Trinajstić information content (AvgIpc) is 3.12. The fraction of sp³-hybridized carbons (Fsp3) is 0.0909. The Bertz CT molecular complexity index is 1090. The van der Waals surface area contributed by atoms with E-state index in [9.17, 15) is 4.39 Å². The molecule has 0 spiro atoms. The Balaban J connectivity index is 1.73. The molecule has 140 valence electrons. The fourth-order valence-corrected chi connectivity index (χ4v) is 3.91. The summed E-state index contributed by atoms with van der Waals surface area (Å²) in [7, 11) is 0. The topological polar surface area (TPSA) is 30.7 Å². The van der Waals surface area contributed by atoms with E-state index in [1.54, 1.807) is 23.9 Å². The Morgan fingerprint density at radius 3 is 2.43 bits per heavy atom. The first-order valence-electron chi connectivity index (χ1n) is 8.76. The Labute approximate surface area is 172 Å². The minimum absolute atomic E-state index is 0.235. The maximum Gasteiger partial charge on any atom is 0.196 e. The number of benzene rings is 3. The molecule has 1 heterocycles. The number of halogens is 2. The van der Waals surface area contributed by atoms with Gasteiger partial charge in [0.15, 0.2) is 11.0 Å². The van der Waals surface area contributed by atoms with Crippen molar-refractivity contribution in [1.82, 2.24) is 14.8 Å². The fourth-order valence-electron chi connectivity index (χ4n) is 2.88. The molecule has 0 aliphatic rings. The van der Waals surface area contributed by atoms with Crippen molar-refractivity contribution in [2.45, 2.75) is 17.8 Å². The third-order valence-corrected chi connectivity index (χ3v) is 5.53. The van der Waals surface area contributed by atoms with Crippen molar-refractivity contribution in [2.75, 3.05) is 0 Å². The molecule has 6 heteroatoms. The highest BCUT2D eigenvalue weighted by molar-refractivity contribution is 7.98. The van der Waals surface area contributed by atoms with Crippen LogP contribution in [-0.4, -0.2) is 14.8 Å². The lowest BCUT2D eigenvalue weighted by molar-refractivity contribution is 0.627. The molecule has 0 atom stereocenters. The molecule has 0 radical (unpaired) electrons. The van der Waals surface area contributed by atoms with Crippen LogP contribution in [0, 0.1) is 12.7 Å². The van der Waals surface area contributed by atoms with Crippen LogP contribution in [-0.2, 0) is 5.75 Å². The van der Waals surface area contributed by atoms with Gasteiger partial charge >= 0.3 is 0 Å². The number of aryl methyl sites for hydroxylation is 1. The molecule has 3 nitrogen and oxygen atoms in total. The van der Waals surface area contributed by atoms with Gasteiger partial charge < -0.3 is 0 Å². The average molecular weight is 410 g/mol. The molecule has 4 aromatic rings. The molecule has 0 unspecified atom stereocenters. The van der Waals surface area contributed by atoms with E-state index in [1.807, 2.05) is 41.0 Å². The molecule has 0 fully saturated rings. The highest BCUT2D eigenvalue weighted by atomic mass is 35.5. The molecule has 28 heavy (non-hydrogen) atoms. The standard InChI is InChI=1S/C22H17ClFN3S/c1-15-3-2-4-20(13-15)27-21(17-7-9-18(23)10-8-17)25-26-22(27)28-14-16-5-11-19(24)12-6-16/h2-13H,14H2,1H3.